The number of piperidine rings is 1. The second-order valence-electron chi connectivity index (χ2n) is 15.8. The molecular weight excluding hydrogens is 2790 g/mol. The number of imide groups is 1. The van der Waals surface area contributed by atoms with Gasteiger partial charge in [0.15, 0.2) is 0 Å². The summed E-state index contributed by atoms with van der Waals surface area (Å²) in [5.41, 5.74) is -0.233. The molecule has 0 aromatic heterocycles. The minimum absolute atomic E-state index is 0. The minimum Gasteiger partial charge on any atom is -0.542 e. The maximum atomic E-state index is 13.8. The number of nitrogens with zero attached hydrogens (tertiary/aromatic N) is 2. The van der Waals surface area contributed by atoms with Crippen molar-refractivity contribution in [1.29, 1.82) is 0 Å². The molecule has 3 aliphatic rings. The van der Waals surface area contributed by atoms with E-state index in [2.05, 4.69) is 82.9 Å². The molecule has 1 unspecified atom stereocenters. The summed E-state index contributed by atoms with van der Waals surface area (Å²) in [5.74, 6) is -0.407. The maximum absolute atomic E-state index is 13.8. The van der Waals surface area contributed by atoms with Gasteiger partial charge < -0.3 is 19.3 Å². The molecule has 25 radical (unpaired) electrons. The SMILES string of the molecule is C[C-]1OC(C)(C)C(C)(C)N(Cc2ccc(COc3cccc4c3CN(C3(C)C(=O)NC(=O)C(C)(C)C3(C)C)C4=O)cc2)C1(C)C.[Y].[Y].[Y].[Y].[Y].[Y].[Y].[Y].[Y].[Y].[Y].[Y].[Y].[Y].[Y].[Y].[Y].[Y].[Y].[Y].[Y].[Y].[Y].[Y].[Y]. The van der Waals surface area contributed by atoms with Crippen LogP contribution in [0, 0.1) is 16.9 Å². The van der Waals surface area contributed by atoms with E-state index in [0.29, 0.717) is 17.9 Å². The van der Waals surface area contributed by atoms with E-state index in [4.69, 9.17) is 9.47 Å². The number of ether oxygens (including phenoxy) is 2. The van der Waals surface area contributed by atoms with Gasteiger partial charge in [0.05, 0.1) is 12.0 Å². The first kappa shape index (κ1) is 153. The van der Waals surface area contributed by atoms with E-state index in [-0.39, 0.29) is 853 Å². The number of rotatable bonds is 6. The number of hydrogen-bond acceptors (Lipinski definition) is 6. The van der Waals surface area contributed by atoms with Crippen molar-refractivity contribution in [2.75, 3.05) is 0 Å². The summed E-state index contributed by atoms with van der Waals surface area (Å²) in [6.45, 7) is 25.8. The number of fused-ring (bicyclic) bond motifs is 1. The summed E-state index contributed by atoms with van der Waals surface area (Å²) in [7, 11) is 0. The van der Waals surface area contributed by atoms with Gasteiger partial charge in [-0.2, -0.15) is 13.0 Å². The zero-order valence-corrected chi connectivity index (χ0v) is 114. The van der Waals surface area contributed by atoms with E-state index in [9.17, 15) is 14.4 Å². The van der Waals surface area contributed by atoms with Crippen LogP contribution in [0.15, 0.2) is 42.5 Å². The van der Waals surface area contributed by atoms with Gasteiger partial charge >= 0.3 is 0 Å². The Morgan fingerprint density at radius 2 is 0.943 bits per heavy atom. The molecule has 1 atom stereocenters. The number of morpholine rings is 1. The summed E-state index contributed by atoms with van der Waals surface area (Å²) in [4.78, 5) is 44.1. The van der Waals surface area contributed by atoms with Crippen molar-refractivity contribution in [2.24, 2.45) is 10.8 Å². The fraction of sp³-hybridized carbons (Fsp3) is 0.568. The van der Waals surface area contributed by atoms with Crippen molar-refractivity contribution >= 4 is 17.7 Å². The Morgan fingerprint density at radius 3 is 1.34 bits per heavy atom. The molecule has 0 aliphatic carbocycles. The van der Waals surface area contributed by atoms with Gasteiger partial charge in [-0.25, -0.2) is 0 Å². The Morgan fingerprint density at radius 1 is 0.557 bits per heavy atom. The van der Waals surface area contributed by atoms with E-state index >= 15 is 0 Å². The fourth-order valence-electron chi connectivity index (χ4n) is 7.14. The van der Waals surface area contributed by atoms with Crippen molar-refractivity contribution in [3.8, 4) is 5.75 Å². The molecule has 3 heterocycles. The Kier molecular flexibility index (Phi) is 154. The molecule has 3 amide bonds. The molecule has 319 valence electrons. The third-order valence-electron chi connectivity index (χ3n) is 12.3. The summed E-state index contributed by atoms with van der Waals surface area (Å²) >= 11 is 0. The third kappa shape index (κ3) is 38.6. The van der Waals surface area contributed by atoms with Crippen LogP contribution in [0.1, 0.15) is 110 Å². The van der Waals surface area contributed by atoms with E-state index in [1.54, 1.807) is 17.9 Å². The standard InChI is InChI=1S/C37H50N3O5.25Y/c1-23-33(4,5)40(35(8,9)36(10,11)45-23)20-24-16-18-25(19-17-24)22-44-28-15-13-14-26-27(28)21-39(29(26)41)37(12)31(43)38-30(42)32(2,3)34(37,6)7;;;;;;;;;;;;;;;;;;;;;;;;;/h13-19H,20-22H2,1-12H3,(H,38,42,43);;;;;;;;;;;;;;;;;;;;;;;;;/q-1;;;;;;;;;;;;;;;;;;;;;;;;;. The maximum Gasteiger partial charge on any atom is 0.255 e. The smallest absolute Gasteiger partial charge is 0.255 e. The monoisotopic (exact) mass is 2840 g/mol. The number of nitrogens with one attached hydrogen (secondary N) is 1. The van der Waals surface area contributed by atoms with Gasteiger partial charge in [0.25, 0.3) is 11.8 Å². The molecule has 70 heavy (non-hydrogen) atoms. The van der Waals surface area contributed by atoms with Gasteiger partial charge in [-0.15, -0.1) is 0 Å². The zero-order chi connectivity index (χ0) is 33.5. The molecule has 0 spiro atoms. The van der Waals surface area contributed by atoms with Gasteiger partial charge in [0.1, 0.15) is 17.9 Å². The second kappa shape index (κ2) is 70.4. The minimum atomic E-state index is -1.25. The number of carbonyl (C=O) groups excluding carboxylic acids is 3. The average Bonchev–Trinajstić information content (AvgIpc) is 3.30. The molecule has 2 aromatic carbocycles. The molecule has 0 saturated carbocycles. The zero-order valence-electron chi connectivity index (χ0n) is 43.5. The molecule has 3 aliphatic heterocycles. The Labute approximate surface area is 1050 Å². The predicted octanol–water partition coefficient (Wildman–Crippen LogP) is 6.35. The van der Waals surface area contributed by atoms with Crippen molar-refractivity contribution in [3.63, 3.8) is 0 Å². The van der Waals surface area contributed by atoms with Gasteiger partial charge in [-0.3, -0.25) is 19.7 Å². The Bertz CT molecular complexity index is 1600. The first-order valence-electron chi connectivity index (χ1n) is 15.9. The van der Waals surface area contributed by atoms with Gasteiger partial charge in [-0.1, -0.05) is 77.4 Å². The Hall–Kier alpha value is 24.4. The Balaban J connectivity index is -0.0000000505. The molecule has 2 fully saturated rings. The van der Waals surface area contributed by atoms with Crippen molar-refractivity contribution in [1.82, 2.24) is 15.1 Å². The average molecular weight is 2840 g/mol. The molecule has 8 nitrogen and oxygen atoms in total. The van der Waals surface area contributed by atoms with Crippen LogP contribution in [0.3, 0.4) is 0 Å². The number of benzene rings is 2. The van der Waals surface area contributed by atoms with Crippen LogP contribution in [0.4, 0.5) is 0 Å². The predicted molar refractivity (Wildman–Crippen MR) is 174 cm³/mol. The van der Waals surface area contributed by atoms with Crippen molar-refractivity contribution in [3.05, 3.63) is 70.8 Å². The molecular formula is C37H50N3O5Y25-. The quantitative estimate of drug-likeness (QED) is 0.269. The normalized spacial score (nSPS) is 17.3. The second-order valence-corrected chi connectivity index (χ2v) is 15.8. The van der Waals surface area contributed by atoms with Crippen LogP contribution in [-0.4, -0.2) is 49.7 Å². The van der Waals surface area contributed by atoms with Crippen LogP contribution in [0.2, 0.25) is 0 Å². The molecule has 2 aromatic rings. The first-order valence-corrected chi connectivity index (χ1v) is 15.9. The largest absolute Gasteiger partial charge is 0.542 e. The van der Waals surface area contributed by atoms with Crippen LogP contribution < -0.4 is 10.1 Å². The van der Waals surface area contributed by atoms with Gasteiger partial charge in [-0.05, 0) is 57.9 Å². The van der Waals surface area contributed by atoms with Gasteiger partial charge in [0, 0.05) is 852 Å². The van der Waals surface area contributed by atoms with Gasteiger partial charge in [0.2, 0.25) is 5.91 Å². The van der Waals surface area contributed by atoms with E-state index in [1.807, 2.05) is 39.8 Å². The number of carbonyl (C=O) groups is 3. The third-order valence-corrected chi connectivity index (χ3v) is 12.3. The summed E-state index contributed by atoms with van der Waals surface area (Å²) in [5, 5.41) is 2.53. The van der Waals surface area contributed by atoms with Crippen LogP contribution in [0.5, 0.6) is 5.75 Å². The summed E-state index contributed by atoms with van der Waals surface area (Å²) in [6.07, 6.45) is 1.02. The first-order chi connectivity index (χ1) is 20.6. The van der Waals surface area contributed by atoms with E-state index in [1.165, 1.54) is 5.56 Å². The molecule has 33 heteroatoms. The number of hydrogen-bond donors (Lipinski definition) is 1. The van der Waals surface area contributed by atoms with Crippen molar-refractivity contribution in [2.45, 2.75) is 125 Å². The van der Waals surface area contributed by atoms with E-state index in [0.717, 1.165) is 23.8 Å². The summed E-state index contributed by atoms with van der Waals surface area (Å²) < 4.78 is 12.7. The molecule has 0 bridgehead atoms. The molecule has 5 rings (SSSR count). The summed E-state index contributed by atoms with van der Waals surface area (Å²) in [6, 6.07) is 13.9. The van der Waals surface area contributed by atoms with Crippen LogP contribution in [-0.2, 0) is 852 Å². The number of amides is 3. The molecule has 1 N–H and O–H groups in total. The van der Waals surface area contributed by atoms with Crippen LogP contribution in [0.25, 0.3) is 0 Å². The fourth-order valence-corrected chi connectivity index (χ4v) is 7.14. The topological polar surface area (TPSA) is 88.2 Å². The van der Waals surface area contributed by atoms with E-state index < -0.39 is 22.3 Å². The van der Waals surface area contributed by atoms with Crippen LogP contribution >= 0.6 is 0 Å². The van der Waals surface area contributed by atoms with Crippen molar-refractivity contribution < 1.29 is 842 Å². The molecule has 2 saturated heterocycles.